The van der Waals surface area contributed by atoms with Gasteiger partial charge in [0.2, 0.25) is 0 Å². The summed E-state index contributed by atoms with van der Waals surface area (Å²) in [7, 11) is 1.79. The molecule has 1 heterocycles. The van der Waals surface area contributed by atoms with Crippen LogP contribution in [0, 0.1) is 11.6 Å². The Balaban J connectivity index is 1.82. The molecule has 2 aromatic carbocycles. The summed E-state index contributed by atoms with van der Waals surface area (Å²) in [4.78, 5) is 0. The maximum absolute atomic E-state index is 13.8. The monoisotopic (exact) mass is 343 g/mol. The fraction of sp³-hybridized carbons (Fsp3) is 0.211. The van der Waals surface area contributed by atoms with E-state index in [1.807, 2.05) is 6.20 Å². The lowest BCUT2D eigenvalue weighted by Crippen LogP contribution is -2.27. The van der Waals surface area contributed by atoms with Crippen LogP contribution in [0.1, 0.15) is 28.8 Å². The van der Waals surface area contributed by atoms with Crippen LogP contribution in [0.4, 0.5) is 8.78 Å². The first-order chi connectivity index (χ1) is 12.0. The standard InChI is InChI=1S/C19H19F2N3O/c1-24-12-14(10-23-24)19(13-5-4-6-15(20)9-13)22-11-18(25)16-7-2-3-8-17(16)21/h2-10,12,18-19,22,25H,11H2,1H3. The quantitative estimate of drug-likeness (QED) is 0.723. The maximum Gasteiger partial charge on any atom is 0.129 e. The van der Waals surface area contributed by atoms with Crippen molar-refractivity contribution in [2.75, 3.05) is 6.54 Å². The molecular weight excluding hydrogens is 324 g/mol. The van der Waals surface area contributed by atoms with Crippen molar-refractivity contribution in [2.24, 2.45) is 7.05 Å². The molecule has 0 amide bonds. The molecule has 2 N–H and O–H groups in total. The van der Waals surface area contributed by atoms with Crippen LogP contribution < -0.4 is 5.32 Å². The summed E-state index contributed by atoms with van der Waals surface area (Å²) in [6.07, 6.45) is 2.48. The highest BCUT2D eigenvalue weighted by Gasteiger charge is 2.19. The van der Waals surface area contributed by atoms with E-state index in [2.05, 4.69) is 10.4 Å². The van der Waals surface area contributed by atoms with E-state index in [-0.39, 0.29) is 24.0 Å². The molecule has 0 aliphatic carbocycles. The molecule has 4 nitrogen and oxygen atoms in total. The van der Waals surface area contributed by atoms with Gasteiger partial charge in [0.15, 0.2) is 0 Å². The Hall–Kier alpha value is -2.57. The van der Waals surface area contributed by atoms with Gasteiger partial charge in [-0.3, -0.25) is 4.68 Å². The van der Waals surface area contributed by atoms with Gasteiger partial charge in [0.25, 0.3) is 0 Å². The first-order valence-electron chi connectivity index (χ1n) is 7.94. The van der Waals surface area contributed by atoms with Gasteiger partial charge in [0.1, 0.15) is 11.6 Å². The molecule has 2 atom stereocenters. The fourth-order valence-electron chi connectivity index (χ4n) is 2.79. The number of nitrogens with one attached hydrogen (secondary N) is 1. The minimum Gasteiger partial charge on any atom is -0.387 e. The maximum atomic E-state index is 13.8. The summed E-state index contributed by atoms with van der Waals surface area (Å²) in [5.74, 6) is -0.802. The number of rotatable bonds is 6. The molecule has 3 rings (SSSR count). The lowest BCUT2D eigenvalue weighted by molar-refractivity contribution is 0.167. The van der Waals surface area contributed by atoms with Gasteiger partial charge in [-0.05, 0) is 23.8 Å². The van der Waals surface area contributed by atoms with Crippen molar-refractivity contribution in [3.8, 4) is 0 Å². The molecule has 0 radical (unpaired) electrons. The van der Waals surface area contributed by atoms with Gasteiger partial charge in [-0.2, -0.15) is 5.10 Å². The van der Waals surface area contributed by atoms with Gasteiger partial charge in [0, 0.05) is 30.9 Å². The number of halogens is 2. The second-order valence-corrected chi connectivity index (χ2v) is 5.88. The van der Waals surface area contributed by atoms with Gasteiger partial charge in [-0.15, -0.1) is 0 Å². The van der Waals surface area contributed by atoms with Crippen molar-refractivity contribution in [1.82, 2.24) is 15.1 Å². The fourth-order valence-corrected chi connectivity index (χ4v) is 2.79. The van der Waals surface area contributed by atoms with Crippen LogP contribution >= 0.6 is 0 Å². The molecule has 25 heavy (non-hydrogen) atoms. The van der Waals surface area contributed by atoms with Gasteiger partial charge in [-0.25, -0.2) is 8.78 Å². The molecule has 0 bridgehead atoms. The van der Waals surface area contributed by atoms with Crippen LogP contribution in [-0.2, 0) is 7.05 Å². The molecular formula is C19H19F2N3O. The van der Waals surface area contributed by atoms with E-state index in [4.69, 9.17) is 0 Å². The minimum atomic E-state index is -1.02. The zero-order chi connectivity index (χ0) is 17.8. The number of aliphatic hydroxyl groups excluding tert-OH is 1. The van der Waals surface area contributed by atoms with Crippen LogP contribution in [0.3, 0.4) is 0 Å². The van der Waals surface area contributed by atoms with Crippen LogP contribution in [-0.4, -0.2) is 21.4 Å². The number of hydrogen-bond acceptors (Lipinski definition) is 3. The average molecular weight is 343 g/mol. The first kappa shape index (κ1) is 17.3. The predicted molar refractivity (Wildman–Crippen MR) is 90.8 cm³/mol. The smallest absolute Gasteiger partial charge is 0.129 e. The molecule has 0 spiro atoms. The van der Waals surface area contributed by atoms with Crippen molar-refractivity contribution < 1.29 is 13.9 Å². The summed E-state index contributed by atoms with van der Waals surface area (Å²) < 4.78 is 29.1. The summed E-state index contributed by atoms with van der Waals surface area (Å²) in [6.45, 7) is 0.108. The summed E-state index contributed by atoms with van der Waals surface area (Å²) >= 11 is 0. The average Bonchev–Trinajstić information content (AvgIpc) is 3.01. The summed E-state index contributed by atoms with van der Waals surface area (Å²) in [5.41, 5.74) is 1.75. The molecule has 0 fully saturated rings. The second kappa shape index (κ2) is 7.55. The molecule has 6 heteroatoms. The topological polar surface area (TPSA) is 50.1 Å². The largest absolute Gasteiger partial charge is 0.387 e. The van der Waals surface area contributed by atoms with E-state index in [1.165, 1.54) is 18.2 Å². The Labute approximate surface area is 144 Å². The third kappa shape index (κ3) is 4.10. The van der Waals surface area contributed by atoms with Crippen LogP contribution in [0.5, 0.6) is 0 Å². The number of aryl methyl sites for hydroxylation is 1. The van der Waals surface area contributed by atoms with E-state index < -0.39 is 11.9 Å². The highest BCUT2D eigenvalue weighted by Crippen LogP contribution is 2.24. The van der Waals surface area contributed by atoms with E-state index in [9.17, 15) is 13.9 Å². The second-order valence-electron chi connectivity index (χ2n) is 5.88. The molecule has 1 aromatic heterocycles. The summed E-state index contributed by atoms with van der Waals surface area (Å²) in [6, 6.07) is 12.0. The zero-order valence-electron chi connectivity index (χ0n) is 13.7. The summed E-state index contributed by atoms with van der Waals surface area (Å²) in [5, 5.41) is 17.6. The van der Waals surface area contributed by atoms with Crippen molar-refractivity contribution in [2.45, 2.75) is 12.1 Å². The Bertz CT molecular complexity index is 850. The van der Waals surface area contributed by atoms with Gasteiger partial charge < -0.3 is 10.4 Å². The van der Waals surface area contributed by atoms with Crippen LogP contribution in [0.2, 0.25) is 0 Å². The number of benzene rings is 2. The molecule has 0 aliphatic rings. The Morgan fingerprint density at radius 2 is 1.92 bits per heavy atom. The third-order valence-corrected chi connectivity index (χ3v) is 4.02. The SMILES string of the molecule is Cn1cc(C(NCC(O)c2ccccc2F)c2cccc(F)c2)cn1. The van der Waals surface area contributed by atoms with Gasteiger partial charge in [-0.1, -0.05) is 30.3 Å². The van der Waals surface area contributed by atoms with Crippen molar-refractivity contribution in [3.63, 3.8) is 0 Å². The van der Waals surface area contributed by atoms with Gasteiger partial charge >= 0.3 is 0 Å². The first-order valence-corrected chi connectivity index (χ1v) is 7.94. The Morgan fingerprint density at radius 3 is 2.60 bits per heavy atom. The normalized spacial score (nSPS) is 13.6. The highest BCUT2D eigenvalue weighted by atomic mass is 19.1. The zero-order valence-corrected chi connectivity index (χ0v) is 13.7. The molecule has 0 saturated heterocycles. The lowest BCUT2D eigenvalue weighted by Gasteiger charge is -2.21. The number of aliphatic hydroxyl groups is 1. The van der Waals surface area contributed by atoms with E-state index in [0.29, 0.717) is 5.56 Å². The minimum absolute atomic E-state index is 0.108. The van der Waals surface area contributed by atoms with E-state index in [1.54, 1.807) is 48.3 Å². The molecule has 3 aromatic rings. The van der Waals surface area contributed by atoms with Crippen LogP contribution in [0.25, 0.3) is 0 Å². The van der Waals surface area contributed by atoms with Crippen molar-refractivity contribution in [3.05, 3.63) is 89.2 Å². The number of hydrogen-bond donors (Lipinski definition) is 2. The van der Waals surface area contributed by atoms with E-state index >= 15 is 0 Å². The number of aromatic nitrogens is 2. The lowest BCUT2D eigenvalue weighted by atomic mass is 10.0. The highest BCUT2D eigenvalue weighted by molar-refractivity contribution is 5.30. The predicted octanol–water partition coefficient (Wildman–Crippen LogP) is 3.11. The van der Waals surface area contributed by atoms with Crippen molar-refractivity contribution in [1.29, 1.82) is 0 Å². The van der Waals surface area contributed by atoms with Crippen LogP contribution in [0.15, 0.2) is 60.9 Å². The van der Waals surface area contributed by atoms with E-state index in [0.717, 1.165) is 5.56 Å². The molecule has 2 unspecified atom stereocenters. The molecule has 0 aliphatic heterocycles. The Kier molecular flexibility index (Phi) is 5.21. The van der Waals surface area contributed by atoms with Crippen molar-refractivity contribution >= 4 is 0 Å². The van der Waals surface area contributed by atoms with Gasteiger partial charge in [0.05, 0.1) is 18.3 Å². The molecule has 0 saturated carbocycles. The Morgan fingerprint density at radius 1 is 1.12 bits per heavy atom. The third-order valence-electron chi connectivity index (χ3n) is 4.02. The number of nitrogens with zero attached hydrogens (tertiary/aromatic N) is 2. The molecule has 130 valence electrons.